The van der Waals surface area contributed by atoms with E-state index in [4.69, 9.17) is 5.73 Å². The summed E-state index contributed by atoms with van der Waals surface area (Å²) in [5.74, 6) is -0.454. The maximum Gasteiger partial charge on any atom is 0.321 e. The zero-order valence-corrected chi connectivity index (χ0v) is 5.59. The van der Waals surface area contributed by atoms with Crippen LogP contribution in [0.15, 0.2) is 0 Å². The Hall–Kier alpha value is -0.610. The van der Waals surface area contributed by atoms with Crippen LogP contribution in [0.2, 0.25) is 0 Å². The van der Waals surface area contributed by atoms with Crippen LogP contribution >= 0.6 is 0 Å². The predicted octanol–water partition coefficient (Wildman–Crippen LogP) is -0.519. The third-order valence-corrected chi connectivity index (χ3v) is 0.796. The number of rotatable bonds is 3. The van der Waals surface area contributed by atoms with Crippen LogP contribution in [-0.2, 0) is 14.3 Å². The molecule has 0 bridgehead atoms. The van der Waals surface area contributed by atoms with Crippen molar-refractivity contribution in [1.82, 2.24) is 0 Å². The number of hydrogen-bond acceptors (Lipinski definition) is 4. The molecule has 0 saturated heterocycles. The van der Waals surface area contributed by atoms with E-state index in [-0.39, 0.29) is 6.54 Å². The maximum atomic E-state index is 10.4. The van der Waals surface area contributed by atoms with Gasteiger partial charge < -0.3 is 15.2 Å². The first-order valence-electron chi connectivity index (χ1n) is 2.63. The summed E-state index contributed by atoms with van der Waals surface area (Å²) in [4.78, 5) is 10.4. The van der Waals surface area contributed by atoms with E-state index in [1.165, 1.54) is 7.11 Å². The molecule has 0 amide bonds. The Morgan fingerprint density at radius 2 is 2.33 bits per heavy atom. The molecule has 0 aromatic rings. The average molecular weight is 133 g/mol. The van der Waals surface area contributed by atoms with Gasteiger partial charge in [0.15, 0.2) is 6.29 Å². The predicted molar refractivity (Wildman–Crippen MR) is 31.6 cm³/mol. The van der Waals surface area contributed by atoms with Crippen LogP contribution in [0.1, 0.15) is 6.92 Å². The zero-order valence-electron chi connectivity index (χ0n) is 5.59. The molecule has 0 spiro atoms. The minimum Gasteiger partial charge on any atom is -0.435 e. The maximum absolute atomic E-state index is 10.4. The van der Waals surface area contributed by atoms with E-state index in [0.717, 1.165) is 0 Å². The summed E-state index contributed by atoms with van der Waals surface area (Å²) in [6.07, 6.45) is -0.499. The molecule has 0 heterocycles. The highest BCUT2D eigenvalue weighted by atomic mass is 16.7. The van der Waals surface area contributed by atoms with Gasteiger partial charge >= 0.3 is 5.97 Å². The molecule has 1 atom stereocenters. The number of carbonyl (C=O) groups excluding carboxylic acids is 1. The Bertz CT molecular complexity index is 94.2. The highest BCUT2D eigenvalue weighted by Crippen LogP contribution is 1.89. The van der Waals surface area contributed by atoms with Crippen molar-refractivity contribution in [2.45, 2.75) is 13.2 Å². The highest BCUT2D eigenvalue weighted by molar-refractivity contribution is 5.71. The smallest absolute Gasteiger partial charge is 0.321 e. The molecule has 0 fully saturated rings. The summed E-state index contributed by atoms with van der Waals surface area (Å²) >= 11 is 0. The van der Waals surface area contributed by atoms with Gasteiger partial charge in [-0.05, 0) is 6.92 Å². The fourth-order valence-electron chi connectivity index (χ4n) is 0.281. The molecule has 9 heavy (non-hydrogen) atoms. The topological polar surface area (TPSA) is 61.5 Å². The van der Waals surface area contributed by atoms with Crippen LogP contribution in [0.4, 0.5) is 0 Å². The lowest BCUT2D eigenvalue weighted by Gasteiger charge is -2.08. The molecule has 0 saturated carbocycles. The van der Waals surface area contributed by atoms with Crippen molar-refractivity contribution in [3.63, 3.8) is 0 Å². The van der Waals surface area contributed by atoms with Crippen molar-refractivity contribution in [1.29, 1.82) is 0 Å². The molecular weight excluding hydrogens is 122 g/mol. The van der Waals surface area contributed by atoms with Crippen molar-refractivity contribution in [3.8, 4) is 0 Å². The Balaban J connectivity index is 3.34. The number of carbonyl (C=O) groups is 1. The summed E-state index contributed by atoms with van der Waals surface area (Å²) in [6.45, 7) is 1.52. The van der Waals surface area contributed by atoms with Gasteiger partial charge in [0, 0.05) is 7.11 Å². The minimum atomic E-state index is -0.499. The molecular formula is C5H11NO3. The van der Waals surface area contributed by atoms with E-state index in [1.54, 1.807) is 6.92 Å². The van der Waals surface area contributed by atoms with Gasteiger partial charge in [0.1, 0.15) is 0 Å². The van der Waals surface area contributed by atoms with Gasteiger partial charge in [-0.1, -0.05) is 0 Å². The van der Waals surface area contributed by atoms with Crippen LogP contribution in [0.5, 0.6) is 0 Å². The molecule has 0 aromatic carbocycles. The van der Waals surface area contributed by atoms with Crippen LogP contribution in [0, 0.1) is 0 Å². The molecule has 54 valence electrons. The van der Waals surface area contributed by atoms with Crippen molar-refractivity contribution >= 4 is 5.97 Å². The van der Waals surface area contributed by atoms with Crippen molar-refractivity contribution < 1.29 is 14.3 Å². The number of esters is 1. The summed E-state index contributed by atoms with van der Waals surface area (Å²) in [5.41, 5.74) is 4.94. The number of hydrogen-bond donors (Lipinski definition) is 1. The Morgan fingerprint density at radius 3 is 2.67 bits per heavy atom. The second kappa shape index (κ2) is 4.29. The molecule has 0 aliphatic carbocycles. The van der Waals surface area contributed by atoms with Gasteiger partial charge in [0.25, 0.3) is 0 Å². The van der Waals surface area contributed by atoms with Crippen molar-refractivity contribution in [3.05, 3.63) is 0 Å². The largest absolute Gasteiger partial charge is 0.435 e. The van der Waals surface area contributed by atoms with Gasteiger partial charge in [-0.3, -0.25) is 4.79 Å². The normalized spacial score (nSPS) is 12.8. The first-order chi connectivity index (χ1) is 4.20. The van der Waals surface area contributed by atoms with Gasteiger partial charge in [-0.2, -0.15) is 0 Å². The minimum absolute atomic E-state index is 0.103. The summed E-state index contributed by atoms with van der Waals surface area (Å²) in [5, 5.41) is 0. The fourth-order valence-corrected chi connectivity index (χ4v) is 0.281. The van der Waals surface area contributed by atoms with Gasteiger partial charge in [0.05, 0.1) is 6.54 Å². The van der Waals surface area contributed by atoms with E-state index < -0.39 is 12.3 Å². The highest BCUT2D eigenvalue weighted by Gasteiger charge is 2.03. The van der Waals surface area contributed by atoms with Crippen LogP contribution in [0.25, 0.3) is 0 Å². The molecule has 0 radical (unpaired) electrons. The van der Waals surface area contributed by atoms with Gasteiger partial charge in [0.2, 0.25) is 0 Å². The van der Waals surface area contributed by atoms with Crippen LogP contribution in [0.3, 0.4) is 0 Å². The number of ether oxygens (including phenoxy) is 2. The molecule has 1 unspecified atom stereocenters. The van der Waals surface area contributed by atoms with E-state index in [0.29, 0.717) is 0 Å². The second-order valence-electron chi connectivity index (χ2n) is 1.50. The van der Waals surface area contributed by atoms with Gasteiger partial charge in [-0.25, -0.2) is 0 Å². The van der Waals surface area contributed by atoms with Crippen molar-refractivity contribution in [2.24, 2.45) is 5.73 Å². The Labute approximate surface area is 53.9 Å². The quantitative estimate of drug-likeness (QED) is 0.415. The fraction of sp³-hybridized carbons (Fsp3) is 0.800. The Morgan fingerprint density at radius 1 is 1.78 bits per heavy atom. The monoisotopic (exact) mass is 133 g/mol. The lowest BCUT2D eigenvalue weighted by molar-refractivity contribution is -0.167. The third-order valence-electron chi connectivity index (χ3n) is 0.796. The van der Waals surface area contributed by atoms with Crippen LogP contribution in [-0.4, -0.2) is 25.9 Å². The van der Waals surface area contributed by atoms with Crippen molar-refractivity contribution in [2.75, 3.05) is 13.7 Å². The first-order valence-corrected chi connectivity index (χ1v) is 2.63. The molecule has 4 heteroatoms. The molecule has 0 aliphatic heterocycles. The third kappa shape index (κ3) is 3.93. The average Bonchev–Trinajstić information content (AvgIpc) is 1.87. The van der Waals surface area contributed by atoms with E-state index in [1.807, 2.05) is 0 Å². The molecule has 0 rings (SSSR count). The van der Waals surface area contributed by atoms with E-state index >= 15 is 0 Å². The zero-order chi connectivity index (χ0) is 7.28. The molecule has 0 aliphatic rings. The number of methoxy groups -OCH3 is 1. The molecule has 0 aromatic heterocycles. The van der Waals surface area contributed by atoms with E-state index in [9.17, 15) is 4.79 Å². The summed E-state index contributed by atoms with van der Waals surface area (Å²) in [7, 11) is 1.45. The van der Waals surface area contributed by atoms with E-state index in [2.05, 4.69) is 9.47 Å². The standard InChI is InChI=1S/C5H11NO3/c1-4(8-2)9-5(7)3-6/h4H,3,6H2,1-2H3. The molecule has 2 N–H and O–H groups in total. The SMILES string of the molecule is COC(C)OC(=O)CN. The van der Waals surface area contributed by atoms with Crippen LogP contribution < -0.4 is 5.73 Å². The Kier molecular flexibility index (Phi) is 4.00. The summed E-state index contributed by atoms with van der Waals surface area (Å²) < 4.78 is 9.19. The second-order valence-corrected chi connectivity index (χ2v) is 1.50. The summed E-state index contributed by atoms with van der Waals surface area (Å²) in [6, 6.07) is 0. The first kappa shape index (κ1) is 8.39. The number of nitrogens with two attached hydrogens (primary N) is 1. The molecule has 4 nitrogen and oxygen atoms in total. The van der Waals surface area contributed by atoms with Gasteiger partial charge in [-0.15, -0.1) is 0 Å². The lowest BCUT2D eigenvalue weighted by Crippen LogP contribution is -2.22. The lowest BCUT2D eigenvalue weighted by atomic mass is 10.6.